The Morgan fingerprint density at radius 2 is 2.18 bits per heavy atom. The highest BCUT2D eigenvalue weighted by atomic mass is 15.1. The van der Waals surface area contributed by atoms with Crippen molar-refractivity contribution in [3.63, 3.8) is 0 Å². The topological polar surface area (TPSA) is 27.3 Å². The highest BCUT2D eigenvalue weighted by Crippen LogP contribution is 2.23. The largest absolute Gasteiger partial charge is 0.381 e. The van der Waals surface area contributed by atoms with Gasteiger partial charge < -0.3 is 15.5 Å². The van der Waals surface area contributed by atoms with E-state index in [1.54, 1.807) is 0 Å². The van der Waals surface area contributed by atoms with Gasteiger partial charge in [0.1, 0.15) is 0 Å². The maximum atomic E-state index is 3.61. The molecular weight excluding hydrogens is 210 g/mol. The molecule has 0 fully saturated rings. The lowest BCUT2D eigenvalue weighted by atomic mass is 9.98. The second-order valence-electron chi connectivity index (χ2n) is 5.04. The highest BCUT2D eigenvalue weighted by Gasteiger charge is 2.16. The van der Waals surface area contributed by atoms with Gasteiger partial charge in [-0.1, -0.05) is 18.2 Å². The average molecular weight is 233 g/mol. The van der Waals surface area contributed by atoms with E-state index >= 15 is 0 Å². The van der Waals surface area contributed by atoms with Crippen LogP contribution in [0.1, 0.15) is 12.0 Å². The van der Waals surface area contributed by atoms with E-state index in [0.29, 0.717) is 6.04 Å². The summed E-state index contributed by atoms with van der Waals surface area (Å²) < 4.78 is 0. The van der Waals surface area contributed by atoms with Gasteiger partial charge in [-0.15, -0.1) is 0 Å². The van der Waals surface area contributed by atoms with Crippen LogP contribution < -0.4 is 10.6 Å². The number of likely N-dealkylation sites (N-methyl/N-ethyl adjacent to an activating group) is 1. The monoisotopic (exact) mass is 233 g/mol. The van der Waals surface area contributed by atoms with Crippen LogP contribution in [0.3, 0.4) is 0 Å². The third-order valence-corrected chi connectivity index (χ3v) is 3.27. The fourth-order valence-corrected chi connectivity index (χ4v) is 2.23. The van der Waals surface area contributed by atoms with Crippen molar-refractivity contribution < 1.29 is 0 Å². The normalized spacial score (nSPS) is 18.9. The van der Waals surface area contributed by atoms with Gasteiger partial charge in [0.05, 0.1) is 0 Å². The average Bonchev–Trinajstić information content (AvgIpc) is 2.34. The summed E-state index contributed by atoms with van der Waals surface area (Å²) >= 11 is 0. The number of nitrogens with zero attached hydrogens (tertiary/aromatic N) is 1. The molecule has 3 heteroatoms. The van der Waals surface area contributed by atoms with Gasteiger partial charge >= 0.3 is 0 Å². The molecule has 1 atom stereocenters. The first-order chi connectivity index (χ1) is 8.25. The molecule has 1 heterocycles. The molecule has 94 valence electrons. The molecular formula is C14H23N3. The molecule has 1 unspecified atom stereocenters. The number of hydrogen-bond donors (Lipinski definition) is 2. The molecule has 0 bridgehead atoms. The third-order valence-electron chi connectivity index (χ3n) is 3.27. The molecule has 1 aliphatic heterocycles. The Labute approximate surface area is 104 Å². The highest BCUT2D eigenvalue weighted by molar-refractivity contribution is 5.53. The van der Waals surface area contributed by atoms with Gasteiger partial charge in [-0.05, 0) is 38.6 Å². The summed E-state index contributed by atoms with van der Waals surface area (Å²) in [5, 5.41) is 7.12. The van der Waals surface area contributed by atoms with Gasteiger partial charge in [-0.25, -0.2) is 0 Å². The number of aryl methyl sites for hydroxylation is 1. The van der Waals surface area contributed by atoms with Crippen LogP contribution >= 0.6 is 0 Å². The van der Waals surface area contributed by atoms with E-state index in [-0.39, 0.29) is 0 Å². The first-order valence-electron chi connectivity index (χ1n) is 6.45. The van der Waals surface area contributed by atoms with Crippen molar-refractivity contribution in [3.8, 4) is 0 Å². The summed E-state index contributed by atoms with van der Waals surface area (Å²) in [5.41, 5.74) is 2.77. The number of rotatable bonds is 5. The lowest BCUT2D eigenvalue weighted by Crippen LogP contribution is -2.38. The van der Waals surface area contributed by atoms with Gasteiger partial charge in [-0.2, -0.15) is 0 Å². The van der Waals surface area contributed by atoms with Crippen LogP contribution in [-0.2, 0) is 6.42 Å². The Morgan fingerprint density at radius 3 is 3.00 bits per heavy atom. The molecule has 0 saturated carbocycles. The van der Waals surface area contributed by atoms with E-state index in [0.717, 1.165) is 19.6 Å². The van der Waals surface area contributed by atoms with Gasteiger partial charge in [0.15, 0.2) is 0 Å². The Hall–Kier alpha value is -1.06. The lowest BCUT2D eigenvalue weighted by molar-refractivity contribution is 0.396. The quantitative estimate of drug-likeness (QED) is 0.756. The molecule has 1 aromatic carbocycles. The Morgan fingerprint density at radius 1 is 1.35 bits per heavy atom. The molecule has 2 rings (SSSR count). The smallest absolute Gasteiger partial charge is 0.0389 e. The maximum absolute atomic E-state index is 3.61. The zero-order valence-corrected chi connectivity index (χ0v) is 10.9. The summed E-state index contributed by atoms with van der Waals surface area (Å²) in [5.74, 6) is 0. The predicted molar refractivity (Wildman–Crippen MR) is 73.6 cm³/mol. The molecule has 0 radical (unpaired) electrons. The zero-order chi connectivity index (χ0) is 12.1. The van der Waals surface area contributed by atoms with Crippen LogP contribution in [-0.4, -0.2) is 44.7 Å². The number of nitrogens with one attached hydrogen (secondary N) is 2. The molecule has 2 N–H and O–H groups in total. The molecule has 17 heavy (non-hydrogen) atoms. The predicted octanol–water partition coefficient (Wildman–Crippen LogP) is 1.56. The fraction of sp³-hybridized carbons (Fsp3) is 0.571. The standard InChI is InChI=1S/C14H23N3/c1-17(2)10-9-15-11-13-8-7-12-5-3-4-6-14(12)16-13/h3-6,13,15-16H,7-11H2,1-2H3. The van der Waals surface area contributed by atoms with Gasteiger partial charge in [-0.3, -0.25) is 0 Å². The van der Waals surface area contributed by atoms with Crippen LogP contribution in [0.25, 0.3) is 0 Å². The Kier molecular flexibility index (Phi) is 4.40. The number of benzene rings is 1. The minimum Gasteiger partial charge on any atom is -0.381 e. The van der Waals surface area contributed by atoms with Crippen molar-refractivity contribution >= 4 is 5.69 Å². The third kappa shape index (κ3) is 3.72. The van der Waals surface area contributed by atoms with Crippen LogP contribution in [0.15, 0.2) is 24.3 Å². The molecule has 0 aromatic heterocycles. The first-order valence-corrected chi connectivity index (χ1v) is 6.45. The van der Waals surface area contributed by atoms with Gasteiger partial charge in [0.2, 0.25) is 0 Å². The summed E-state index contributed by atoms with van der Waals surface area (Å²) in [6.45, 7) is 3.22. The van der Waals surface area contributed by atoms with Gasteiger partial charge in [0.25, 0.3) is 0 Å². The summed E-state index contributed by atoms with van der Waals surface area (Å²) in [7, 11) is 4.22. The SMILES string of the molecule is CN(C)CCNCC1CCc2ccccc2N1. The maximum Gasteiger partial charge on any atom is 0.0389 e. The molecule has 3 nitrogen and oxygen atoms in total. The molecule has 0 spiro atoms. The van der Waals surface area contributed by atoms with E-state index in [2.05, 4.69) is 53.9 Å². The van der Waals surface area contributed by atoms with Crippen LogP contribution in [0, 0.1) is 0 Å². The summed E-state index contributed by atoms with van der Waals surface area (Å²) in [6.07, 6.45) is 2.43. The van der Waals surface area contributed by atoms with E-state index in [9.17, 15) is 0 Å². The van der Waals surface area contributed by atoms with Crippen LogP contribution in [0.5, 0.6) is 0 Å². The summed E-state index contributed by atoms with van der Waals surface area (Å²) in [6, 6.07) is 9.20. The second kappa shape index (κ2) is 6.03. The molecule has 0 amide bonds. The van der Waals surface area contributed by atoms with Crippen LogP contribution in [0.4, 0.5) is 5.69 Å². The molecule has 0 aliphatic carbocycles. The van der Waals surface area contributed by atoms with E-state index in [1.165, 1.54) is 24.1 Å². The second-order valence-corrected chi connectivity index (χ2v) is 5.04. The van der Waals surface area contributed by atoms with Crippen molar-refractivity contribution in [2.75, 3.05) is 39.0 Å². The zero-order valence-electron chi connectivity index (χ0n) is 10.9. The van der Waals surface area contributed by atoms with E-state index in [1.807, 2.05) is 0 Å². The van der Waals surface area contributed by atoms with Crippen molar-refractivity contribution in [3.05, 3.63) is 29.8 Å². The number of para-hydroxylation sites is 1. The Balaban J connectivity index is 1.75. The first kappa shape index (κ1) is 12.4. The summed E-state index contributed by atoms with van der Waals surface area (Å²) in [4.78, 5) is 2.20. The van der Waals surface area contributed by atoms with Crippen LogP contribution in [0.2, 0.25) is 0 Å². The van der Waals surface area contributed by atoms with Crippen molar-refractivity contribution in [1.82, 2.24) is 10.2 Å². The van der Waals surface area contributed by atoms with E-state index < -0.39 is 0 Å². The number of fused-ring (bicyclic) bond motifs is 1. The molecule has 1 aliphatic rings. The van der Waals surface area contributed by atoms with Gasteiger partial charge in [0, 0.05) is 31.4 Å². The van der Waals surface area contributed by atoms with Crippen molar-refractivity contribution in [2.45, 2.75) is 18.9 Å². The van der Waals surface area contributed by atoms with E-state index in [4.69, 9.17) is 0 Å². The number of anilines is 1. The minimum absolute atomic E-state index is 0.576. The number of hydrogen-bond acceptors (Lipinski definition) is 3. The fourth-order valence-electron chi connectivity index (χ4n) is 2.23. The molecule has 0 saturated heterocycles. The van der Waals surface area contributed by atoms with Crippen molar-refractivity contribution in [2.24, 2.45) is 0 Å². The minimum atomic E-state index is 0.576. The lowest BCUT2D eigenvalue weighted by Gasteiger charge is -2.27. The Bertz CT molecular complexity index is 349. The molecule has 1 aromatic rings. The van der Waals surface area contributed by atoms with Crippen molar-refractivity contribution in [1.29, 1.82) is 0 Å².